The van der Waals surface area contributed by atoms with Crippen LogP contribution in [0, 0.1) is 0 Å². The topological polar surface area (TPSA) is 65.5 Å². The van der Waals surface area contributed by atoms with Crippen molar-refractivity contribution in [2.75, 3.05) is 20.1 Å². The van der Waals surface area contributed by atoms with E-state index in [0.29, 0.717) is 13.0 Å². The molecule has 0 radical (unpaired) electrons. The number of carbonyl (C=O) groups excluding carboxylic acids is 1. The summed E-state index contributed by atoms with van der Waals surface area (Å²) in [5.74, 6) is 0.855. The summed E-state index contributed by atoms with van der Waals surface area (Å²) in [7, 11) is 1.76. The first-order valence-corrected chi connectivity index (χ1v) is 8.84. The van der Waals surface area contributed by atoms with Crippen molar-refractivity contribution in [1.82, 2.24) is 16.0 Å². The van der Waals surface area contributed by atoms with Crippen LogP contribution in [0.25, 0.3) is 0 Å². The number of carbonyl (C=O) groups is 1. The molecule has 0 unspecified atom stereocenters. The molecule has 0 aromatic carbocycles. The summed E-state index contributed by atoms with van der Waals surface area (Å²) < 4.78 is 0. The quantitative estimate of drug-likeness (QED) is 0.295. The Kier molecular flexibility index (Phi) is 13.8. The Hall–Kier alpha value is -1.26. The first-order chi connectivity index (χ1) is 10.6. The number of guanidine groups is 1. The molecule has 0 bridgehead atoms. The molecule has 0 aliphatic carbocycles. The Morgan fingerprint density at radius 1 is 0.955 bits per heavy atom. The smallest absolute Gasteiger partial charge is 0.221 e. The third-order valence-corrected chi connectivity index (χ3v) is 3.39. The van der Waals surface area contributed by atoms with Gasteiger partial charge in [-0.2, -0.15) is 0 Å². The SMILES string of the molecule is CCCCCCCCCNC(=NC)NCCC(=O)NC(C)C. The summed E-state index contributed by atoms with van der Waals surface area (Å²) in [6.07, 6.45) is 9.61. The minimum atomic E-state index is 0.0741. The number of amides is 1. The van der Waals surface area contributed by atoms with E-state index in [1.165, 1.54) is 44.9 Å². The normalized spacial score (nSPS) is 11.6. The molecule has 0 rings (SSSR count). The van der Waals surface area contributed by atoms with Crippen LogP contribution in [-0.2, 0) is 4.79 Å². The molecule has 5 heteroatoms. The van der Waals surface area contributed by atoms with E-state index in [2.05, 4.69) is 27.9 Å². The molecule has 0 aliphatic heterocycles. The lowest BCUT2D eigenvalue weighted by atomic mass is 10.1. The highest BCUT2D eigenvalue weighted by Gasteiger charge is 2.03. The molecule has 0 aromatic heterocycles. The van der Waals surface area contributed by atoms with E-state index in [1.807, 2.05) is 13.8 Å². The van der Waals surface area contributed by atoms with Crippen LogP contribution in [0.15, 0.2) is 4.99 Å². The highest BCUT2D eigenvalue weighted by atomic mass is 16.1. The maximum atomic E-state index is 11.5. The van der Waals surface area contributed by atoms with Gasteiger partial charge in [-0.3, -0.25) is 9.79 Å². The van der Waals surface area contributed by atoms with Crippen molar-refractivity contribution in [2.45, 2.75) is 78.2 Å². The van der Waals surface area contributed by atoms with E-state index in [0.717, 1.165) is 12.5 Å². The predicted molar refractivity (Wildman–Crippen MR) is 95.3 cm³/mol. The standard InChI is InChI=1S/C17H36N4O/c1-5-6-7-8-9-10-11-13-19-17(18-4)20-14-12-16(22)21-15(2)3/h15H,5-14H2,1-4H3,(H,21,22)(H2,18,19,20). The van der Waals surface area contributed by atoms with Crippen LogP contribution in [0.4, 0.5) is 0 Å². The molecule has 22 heavy (non-hydrogen) atoms. The Balaban J connectivity index is 3.54. The second-order valence-corrected chi connectivity index (χ2v) is 6.02. The molecule has 0 heterocycles. The average molecular weight is 313 g/mol. The van der Waals surface area contributed by atoms with Crippen molar-refractivity contribution in [1.29, 1.82) is 0 Å². The third kappa shape index (κ3) is 13.7. The van der Waals surface area contributed by atoms with E-state index in [4.69, 9.17) is 0 Å². The van der Waals surface area contributed by atoms with Gasteiger partial charge in [0.1, 0.15) is 0 Å². The van der Waals surface area contributed by atoms with E-state index in [9.17, 15) is 4.79 Å². The van der Waals surface area contributed by atoms with Crippen LogP contribution in [0.3, 0.4) is 0 Å². The summed E-state index contributed by atoms with van der Waals surface area (Å²) in [5, 5.41) is 9.34. The van der Waals surface area contributed by atoms with Crippen molar-refractivity contribution >= 4 is 11.9 Å². The summed E-state index contributed by atoms with van der Waals surface area (Å²) in [6.45, 7) is 7.72. The number of hydrogen-bond acceptors (Lipinski definition) is 2. The van der Waals surface area contributed by atoms with Crippen molar-refractivity contribution in [2.24, 2.45) is 4.99 Å². The number of rotatable bonds is 12. The molecule has 0 atom stereocenters. The van der Waals surface area contributed by atoms with Gasteiger partial charge in [-0.25, -0.2) is 0 Å². The Morgan fingerprint density at radius 3 is 2.14 bits per heavy atom. The van der Waals surface area contributed by atoms with Crippen LogP contribution >= 0.6 is 0 Å². The van der Waals surface area contributed by atoms with Gasteiger partial charge < -0.3 is 16.0 Å². The molecular weight excluding hydrogens is 276 g/mol. The molecule has 0 spiro atoms. The van der Waals surface area contributed by atoms with Gasteiger partial charge >= 0.3 is 0 Å². The summed E-state index contributed by atoms with van der Waals surface area (Å²) in [6, 6.07) is 0.197. The maximum Gasteiger partial charge on any atom is 0.221 e. The van der Waals surface area contributed by atoms with Gasteiger partial charge in [-0.15, -0.1) is 0 Å². The van der Waals surface area contributed by atoms with Gasteiger partial charge in [0.2, 0.25) is 5.91 Å². The Labute approximate surface area is 136 Å². The van der Waals surface area contributed by atoms with Crippen LogP contribution in [0.1, 0.15) is 72.1 Å². The second-order valence-electron chi connectivity index (χ2n) is 6.02. The van der Waals surface area contributed by atoms with Gasteiger partial charge in [0.25, 0.3) is 0 Å². The van der Waals surface area contributed by atoms with E-state index in [-0.39, 0.29) is 11.9 Å². The lowest BCUT2D eigenvalue weighted by molar-refractivity contribution is -0.121. The van der Waals surface area contributed by atoms with Crippen molar-refractivity contribution in [3.8, 4) is 0 Å². The van der Waals surface area contributed by atoms with Gasteiger partial charge in [0, 0.05) is 32.6 Å². The Bertz CT molecular complexity index is 303. The number of unbranched alkanes of at least 4 members (excludes halogenated alkanes) is 6. The highest BCUT2D eigenvalue weighted by molar-refractivity contribution is 5.81. The fourth-order valence-corrected chi connectivity index (χ4v) is 2.20. The van der Waals surface area contributed by atoms with E-state index >= 15 is 0 Å². The third-order valence-electron chi connectivity index (χ3n) is 3.39. The zero-order chi connectivity index (χ0) is 16.6. The lowest BCUT2D eigenvalue weighted by Gasteiger charge is -2.12. The molecule has 130 valence electrons. The molecular formula is C17H36N4O. The van der Waals surface area contributed by atoms with Crippen molar-refractivity contribution in [3.63, 3.8) is 0 Å². The average Bonchev–Trinajstić information content (AvgIpc) is 2.47. The summed E-state index contributed by atoms with van der Waals surface area (Å²) in [4.78, 5) is 15.7. The fraction of sp³-hybridized carbons (Fsp3) is 0.882. The summed E-state index contributed by atoms with van der Waals surface area (Å²) >= 11 is 0. The van der Waals surface area contributed by atoms with E-state index < -0.39 is 0 Å². The Morgan fingerprint density at radius 2 is 1.55 bits per heavy atom. The van der Waals surface area contributed by atoms with Gasteiger partial charge in [0.15, 0.2) is 5.96 Å². The number of hydrogen-bond donors (Lipinski definition) is 3. The van der Waals surface area contributed by atoms with Gasteiger partial charge in [-0.1, -0.05) is 45.4 Å². The van der Waals surface area contributed by atoms with Crippen LogP contribution in [-0.4, -0.2) is 38.0 Å². The molecule has 1 amide bonds. The number of nitrogens with one attached hydrogen (secondary N) is 3. The van der Waals surface area contributed by atoms with Gasteiger partial charge in [0.05, 0.1) is 0 Å². The molecule has 0 aliphatic rings. The molecule has 0 aromatic rings. The first kappa shape index (κ1) is 20.7. The fourth-order valence-electron chi connectivity index (χ4n) is 2.20. The van der Waals surface area contributed by atoms with Crippen molar-refractivity contribution < 1.29 is 4.79 Å². The largest absolute Gasteiger partial charge is 0.356 e. The summed E-state index contributed by atoms with van der Waals surface area (Å²) in [5.41, 5.74) is 0. The van der Waals surface area contributed by atoms with Crippen LogP contribution in [0.2, 0.25) is 0 Å². The number of aliphatic imine (C=N–C) groups is 1. The second kappa shape index (κ2) is 14.7. The van der Waals surface area contributed by atoms with E-state index in [1.54, 1.807) is 7.05 Å². The van der Waals surface area contributed by atoms with Crippen molar-refractivity contribution in [3.05, 3.63) is 0 Å². The van der Waals surface area contributed by atoms with Crippen LogP contribution in [0.5, 0.6) is 0 Å². The molecule has 0 saturated heterocycles. The minimum Gasteiger partial charge on any atom is -0.356 e. The first-order valence-electron chi connectivity index (χ1n) is 8.84. The predicted octanol–water partition coefficient (Wildman–Crippen LogP) is 2.82. The molecule has 3 N–H and O–H groups in total. The number of nitrogens with zero attached hydrogens (tertiary/aromatic N) is 1. The highest BCUT2D eigenvalue weighted by Crippen LogP contribution is 2.06. The minimum absolute atomic E-state index is 0.0741. The monoisotopic (exact) mass is 312 g/mol. The van der Waals surface area contributed by atoms with Gasteiger partial charge in [-0.05, 0) is 20.3 Å². The molecule has 5 nitrogen and oxygen atoms in total. The molecule has 0 saturated carbocycles. The lowest BCUT2D eigenvalue weighted by Crippen LogP contribution is -2.40. The zero-order valence-electron chi connectivity index (χ0n) is 15.0. The zero-order valence-corrected chi connectivity index (χ0v) is 15.0. The van der Waals surface area contributed by atoms with Crippen LogP contribution < -0.4 is 16.0 Å². The molecule has 0 fully saturated rings. The maximum absolute atomic E-state index is 11.5.